The standard InChI is InChI=1S/C13H22N2O2/c16-13(17)11-9-10-3-4-12(11)15(10)8-7-14-5-1-2-6-14/h10-12H,1-9H2,(H,16,17). The Labute approximate surface area is 103 Å². The van der Waals surface area contributed by atoms with Crippen LogP contribution in [0.1, 0.15) is 32.1 Å². The molecule has 4 nitrogen and oxygen atoms in total. The first-order chi connectivity index (χ1) is 8.25. The first kappa shape index (κ1) is 11.5. The average molecular weight is 238 g/mol. The number of carboxylic acid groups (broad SMARTS) is 1. The highest BCUT2D eigenvalue weighted by Crippen LogP contribution is 2.41. The van der Waals surface area contributed by atoms with Gasteiger partial charge in [-0.25, -0.2) is 0 Å². The summed E-state index contributed by atoms with van der Waals surface area (Å²) in [5.74, 6) is -0.671. The Balaban J connectivity index is 1.55. The molecule has 0 aromatic rings. The molecule has 0 aromatic heterocycles. The van der Waals surface area contributed by atoms with Crippen molar-refractivity contribution in [2.24, 2.45) is 5.92 Å². The zero-order valence-corrected chi connectivity index (χ0v) is 10.3. The highest BCUT2D eigenvalue weighted by atomic mass is 16.4. The van der Waals surface area contributed by atoms with Crippen LogP contribution in [0.4, 0.5) is 0 Å². The molecule has 0 radical (unpaired) electrons. The van der Waals surface area contributed by atoms with E-state index in [1.807, 2.05) is 0 Å². The van der Waals surface area contributed by atoms with Crippen molar-refractivity contribution in [3.05, 3.63) is 0 Å². The number of aliphatic carboxylic acids is 1. The van der Waals surface area contributed by atoms with Gasteiger partial charge in [-0.3, -0.25) is 9.69 Å². The van der Waals surface area contributed by atoms with Crippen molar-refractivity contribution in [1.82, 2.24) is 9.80 Å². The van der Waals surface area contributed by atoms with Gasteiger partial charge in [-0.15, -0.1) is 0 Å². The molecular formula is C13H22N2O2. The number of hydrogen-bond donors (Lipinski definition) is 1. The molecule has 4 heteroatoms. The quantitative estimate of drug-likeness (QED) is 0.794. The minimum atomic E-state index is -0.580. The Morgan fingerprint density at radius 2 is 1.94 bits per heavy atom. The predicted octanol–water partition coefficient (Wildman–Crippen LogP) is 1.02. The van der Waals surface area contributed by atoms with Gasteiger partial charge >= 0.3 is 5.97 Å². The molecule has 96 valence electrons. The monoisotopic (exact) mass is 238 g/mol. The summed E-state index contributed by atoms with van der Waals surface area (Å²) in [5.41, 5.74) is 0. The van der Waals surface area contributed by atoms with E-state index >= 15 is 0 Å². The van der Waals surface area contributed by atoms with E-state index in [-0.39, 0.29) is 5.92 Å². The van der Waals surface area contributed by atoms with Gasteiger partial charge in [-0.1, -0.05) is 0 Å². The lowest BCUT2D eigenvalue weighted by Crippen LogP contribution is -2.38. The van der Waals surface area contributed by atoms with Crippen molar-refractivity contribution in [2.75, 3.05) is 26.2 Å². The molecule has 0 spiro atoms. The zero-order valence-electron chi connectivity index (χ0n) is 10.3. The normalized spacial score (nSPS) is 38.0. The molecule has 3 saturated heterocycles. The number of nitrogens with zero attached hydrogens (tertiary/aromatic N) is 2. The van der Waals surface area contributed by atoms with Crippen molar-refractivity contribution in [1.29, 1.82) is 0 Å². The summed E-state index contributed by atoms with van der Waals surface area (Å²) in [4.78, 5) is 16.2. The Hall–Kier alpha value is -0.610. The van der Waals surface area contributed by atoms with E-state index < -0.39 is 5.97 Å². The van der Waals surface area contributed by atoms with Crippen LogP contribution in [0.2, 0.25) is 0 Å². The second-order valence-corrected chi connectivity index (χ2v) is 5.77. The first-order valence-electron chi connectivity index (χ1n) is 6.96. The van der Waals surface area contributed by atoms with Gasteiger partial charge in [0.25, 0.3) is 0 Å². The van der Waals surface area contributed by atoms with E-state index in [2.05, 4.69) is 9.80 Å². The van der Waals surface area contributed by atoms with Crippen LogP contribution in [-0.4, -0.2) is 59.1 Å². The van der Waals surface area contributed by atoms with Gasteiger partial charge in [0.1, 0.15) is 0 Å². The van der Waals surface area contributed by atoms with E-state index in [1.165, 1.54) is 32.4 Å². The largest absolute Gasteiger partial charge is 0.481 e. The third-order valence-corrected chi connectivity index (χ3v) is 4.87. The molecular weight excluding hydrogens is 216 g/mol. The van der Waals surface area contributed by atoms with Crippen LogP contribution in [0.5, 0.6) is 0 Å². The lowest BCUT2D eigenvalue weighted by atomic mass is 9.89. The van der Waals surface area contributed by atoms with Gasteiger partial charge in [-0.05, 0) is 45.2 Å². The van der Waals surface area contributed by atoms with Crippen LogP contribution >= 0.6 is 0 Å². The molecule has 0 aliphatic carbocycles. The van der Waals surface area contributed by atoms with Gasteiger partial charge in [0.2, 0.25) is 0 Å². The predicted molar refractivity (Wildman–Crippen MR) is 64.9 cm³/mol. The minimum absolute atomic E-state index is 0.0904. The van der Waals surface area contributed by atoms with E-state index in [1.54, 1.807) is 0 Å². The molecule has 3 heterocycles. The Kier molecular flexibility index (Phi) is 3.09. The fraction of sp³-hybridized carbons (Fsp3) is 0.923. The van der Waals surface area contributed by atoms with E-state index in [4.69, 9.17) is 0 Å². The molecule has 0 saturated carbocycles. The van der Waals surface area contributed by atoms with Crippen molar-refractivity contribution in [3.63, 3.8) is 0 Å². The highest BCUT2D eigenvalue weighted by molar-refractivity contribution is 5.71. The number of rotatable bonds is 4. The van der Waals surface area contributed by atoms with Crippen molar-refractivity contribution in [3.8, 4) is 0 Å². The number of hydrogen-bond acceptors (Lipinski definition) is 3. The third-order valence-electron chi connectivity index (χ3n) is 4.87. The summed E-state index contributed by atoms with van der Waals surface area (Å²) in [6, 6.07) is 0.892. The molecule has 3 fully saturated rings. The van der Waals surface area contributed by atoms with Crippen LogP contribution in [0, 0.1) is 5.92 Å². The lowest BCUT2D eigenvalue weighted by Gasteiger charge is -2.25. The van der Waals surface area contributed by atoms with Crippen LogP contribution in [-0.2, 0) is 4.79 Å². The number of carbonyl (C=O) groups is 1. The van der Waals surface area contributed by atoms with Crippen LogP contribution < -0.4 is 0 Å². The number of carboxylic acids is 1. The summed E-state index contributed by atoms with van der Waals surface area (Å²) >= 11 is 0. The van der Waals surface area contributed by atoms with Gasteiger partial charge < -0.3 is 10.0 Å². The van der Waals surface area contributed by atoms with Gasteiger partial charge in [0.05, 0.1) is 5.92 Å². The maximum Gasteiger partial charge on any atom is 0.308 e. The molecule has 2 bridgehead atoms. The van der Waals surface area contributed by atoms with Gasteiger partial charge in [0.15, 0.2) is 0 Å². The Morgan fingerprint density at radius 3 is 2.59 bits per heavy atom. The summed E-state index contributed by atoms with van der Waals surface area (Å²) in [5, 5.41) is 9.20. The Morgan fingerprint density at radius 1 is 1.18 bits per heavy atom. The van der Waals surface area contributed by atoms with Crippen LogP contribution in [0.3, 0.4) is 0 Å². The van der Waals surface area contributed by atoms with Gasteiger partial charge in [0, 0.05) is 25.2 Å². The third kappa shape index (κ3) is 2.08. The molecule has 3 unspecified atom stereocenters. The summed E-state index contributed by atoms with van der Waals surface area (Å²) in [7, 11) is 0. The molecule has 3 aliphatic rings. The molecule has 3 atom stereocenters. The van der Waals surface area contributed by atoms with Crippen LogP contribution in [0.25, 0.3) is 0 Å². The van der Waals surface area contributed by atoms with Crippen molar-refractivity contribution < 1.29 is 9.90 Å². The molecule has 17 heavy (non-hydrogen) atoms. The summed E-state index contributed by atoms with van der Waals surface area (Å²) < 4.78 is 0. The maximum absolute atomic E-state index is 11.2. The maximum atomic E-state index is 11.2. The van der Waals surface area contributed by atoms with Crippen molar-refractivity contribution in [2.45, 2.75) is 44.2 Å². The molecule has 3 rings (SSSR count). The number of likely N-dealkylation sites (tertiary alicyclic amines) is 1. The smallest absolute Gasteiger partial charge is 0.308 e. The first-order valence-corrected chi connectivity index (χ1v) is 6.96. The molecule has 1 N–H and O–H groups in total. The molecule has 0 aromatic carbocycles. The van der Waals surface area contributed by atoms with E-state index in [0.717, 1.165) is 25.9 Å². The van der Waals surface area contributed by atoms with E-state index in [0.29, 0.717) is 12.1 Å². The lowest BCUT2D eigenvalue weighted by molar-refractivity contribution is -0.142. The fourth-order valence-corrected chi connectivity index (χ4v) is 3.98. The Bertz CT molecular complexity index is 302. The topological polar surface area (TPSA) is 43.8 Å². The SMILES string of the molecule is O=C(O)C1CC2CCC1N2CCN1CCCC1. The molecule has 0 amide bonds. The summed E-state index contributed by atoms with van der Waals surface area (Å²) in [6.45, 7) is 4.70. The number of fused-ring (bicyclic) bond motifs is 2. The summed E-state index contributed by atoms with van der Waals surface area (Å²) in [6.07, 6.45) is 5.88. The van der Waals surface area contributed by atoms with Crippen molar-refractivity contribution >= 4 is 5.97 Å². The zero-order chi connectivity index (χ0) is 11.8. The minimum Gasteiger partial charge on any atom is -0.481 e. The molecule has 3 aliphatic heterocycles. The van der Waals surface area contributed by atoms with E-state index in [9.17, 15) is 9.90 Å². The highest BCUT2D eigenvalue weighted by Gasteiger charge is 2.48. The second kappa shape index (κ2) is 4.58. The fourth-order valence-electron chi connectivity index (χ4n) is 3.98. The second-order valence-electron chi connectivity index (χ2n) is 5.77. The van der Waals surface area contributed by atoms with Gasteiger partial charge in [-0.2, -0.15) is 0 Å². The average Bonchev–Trinajstić information content (AvgIpc) is 3.01. The van der Waals surface area contributed by atoms with Crippen LogP contribution in [0.15, 0.2) is 0 Å².